The van der Waals surface area contributed by atoms with Crippen LogP contribution in [0.5, 0.6) is 0 Å². The Morgan fingerprint density at radius 2 is 2.13 bits per heavy atom. The molecule has 15 heavy (non-hydrogen) atoms. The lowest BCUT2D eigenvalue weighted by atomic mass is 9.99. The quantitative estimate of drug-likeness (QED) is 0.830. The van der Waals surface area contributed by atoms with E-state index in [9.17, 15) is 0 Å². The van der Waals surface area contributed by atoms with Gasteiger partial charge >= 0.3 is 0 Å². The van der Waals surface area contributed by atoms with E-state index in [0.29, 0.717) is 11.3 Å². The van der Waals surface area contributed by atoms with Crippen LogP contribution in [0.4, 0.5) is 0 Å². The zero-order valence-electron chi connectivity index (χ0n) is 8.81. The summed E-state index contributed by atoms with van der Waals surface area (Å²) in [4.78, 5) is 0. The monoisotopic (exact) mass is 217 g/mol. The third-order valence-electron chi connectivity index (χ3n) is 2.71. The highest BCUT2D eigenvalue weighted by atomic mass is 32.2. The van der Waals surface area contributed by atoms with Crippen LogP contribution in [0.25, 0.3) is 6.08 Å². The van der Waals surface area contributed by atoms with Crippen molar-refractivity contribution in [2.45, 2.75) is 18.2 Å². The van der Waals surface area contributed by atoms with E-state index < -0.39 is 0 Å². The molecule has 0 fully saturated rings. The summed E-state index contributed by atoms with van der Waals surface area (Å²) in [6, 6.07) is 8.60. The first kappa shape index (κ1) is 10.4. The van der Waals surface area contributed by atoms with Gasteiger partial charge in [-0.3, -0.25) is 0 Å². The molecule has 2 rings (SSSR count). The second-order valence-electron chi connectivity index (χ2n) is 3.69. The van der Waals surface area contributed by atoms with Crippen LogP contribution in [0.1, 0.15) is 24.0 Å². The molecular formula is C13H15NS. The maximum absolute atomic E-state index is 3.76. The van der Waals surface area contributed by atoms with Gasteiger partial charge < -0.3 is 5.32 Å². The molecule has 0 amide bonds. The van der Waals surface area contributed by atoms with Crippen LogP contribution >= 0.6 is 11.8 Å². The van der Waals surface area contributed by atoms with Gasteiger partial charge in [0.25, 0.3) is 0 Å². The zero-order valence-corrected chi connectivity index (χ0v) is 9.63. The maximum atomic E-state index is 3.76. The second-order valence-corrected chi connectivity index (χ2v) is 4.74. The van der Waals surface area contributed by atoms with E-state index in [1.165, 1.54) is 11.1 Å². The molecule has 1 aliphatic heterocycles. The van der Waals surface area contributed by atoms with Gasteiger partial charge in [-0.05, 0) is 16.5 Å². The van der Waals surface area contributed by atoms with Gasteiger partial charge in [-0.2, -0.15) is 0 Å². The van der Waals surface area contributed by atoms with Crippen LogP contribution in [-0.2, 0) is 0 Å². The van der Waals surface area contributed by atoms with Gasteiger partial charge in [0.15, 0.2) is 0 Å². The number of hydrogen-bond donors (Lipinski definition) is 1. The van der Waals surface area contributed by atoms with Crippen molar-refractivity contribution in [3.63, 3.8) is 0 Å². The van der Waals surface area contributed by atoms with Gasteiger partial charge in [0, 0.05) is 12.1 Å². The zero-order chi connectivity index (χ0) is 10.7. The Balaban J connectivity index is 2.11. The summed E-state index contributed by atoms with van der Waals surface area (Å²) in [5.41, 5.74) is 2.55. The van der Waals surface area contributed by atoms with Crippen molar-refractivity contribution in [1.29, 1.82) is 0 Å². The molecule has 0 aromatic heterocycles. The van der Waals surface area contributed by atoms with Crippen LogP contribution in [0, 0.1) is 0 Å². The smallest absolute Gasteiger partial charge is 0.0824 e. The highest BCUT2D eigenvalue weighted by molar-refractivity contribution is 8.02. The lowest BCUT2D eigenvalue weighted by Gasteiger charge is -2.19. The Morgan fingerprint density at radius 3 is 2.67 bits per heavy atom. The molecule has 2 unspecified atom stereocenters. The summed E-state index contributed by atoms with van der Waals surface area (Å²) in [6.45, 7) is 6.01. The van der Waals surface area contributed by atoms with E-state index in [4.69, 9.17) is 0 Å². The van der Waals surface area contributed by atoms with Gasteiger partial charge in [0.05, 0.1) is 5.37 Å². The first-order valence-electron chi connectivity index (χ1n) is 5.10. The molecule has 0 saturated carbocycles. The summed E-state index contributed by atoms with van der Waals surface area (Å²) in [6.07, 6.45) is 3.89. The fourth-order valence-corrected chi connectivity index (χ4v) is 2.55. The molecule has 1 aromatic rings. The summed E-state index contributed by atoms with van der Waals surface area (Å²) < 4.78 is 0. The van der Waals surface area contributed by atoms with E-state index in [2.05, 4.69) is 48.5 Å². The average molecular weight is 217 g/mol. The van der Waals surface area contributed by atoms with Gasteiger partial charge in [0.1, 0.15) is 0 Å². The molecule has 1 aromatic carbocycles. The largest absolute Gasteiger partial charge is 0.378 e. The Bertz CT molecular complexity index is 359. The van der Waals surface area contributed by atoms with Crippen LogP contribution < -0.4 is 5.32 Å². The topological polar surface area (TPSA) is 12.0 Å². The predicted octanol–water partition coefficient (Wildman–Crippen LogP) is 3.57. The van der Waals surface area contributed by atoms with Gasteiger partial charge in [0.2, 0.25) is 0 Å². The molecule has 0 bridgehead atoms. The fraction of sp³-hybridized carbons (Fsp3) is 0.231. The molecule has 0 spiro atoms. The Hall–Kier alpha value is -1.15. The summed E-state index contributed by atoms with van der Waals surface area (Å²) >= 11 is 1.84. The first-order chi connectivity index (χ1) is 7.31. The van der Waals surface area contributed by atoms with Crippen molar-refractivity contribution in [2.24, 2.45) is 0 Å². The summed E-state index contributed by atoms with van der Waals surface area (Å²) in [5.74, 6) is 0.517. The molecule has 1 heterocycles. The van der Waals surface area contributed by atoms with Crippen LogP contribution in [0.3, 0.4) is 0 Å². The number of rotatable bonds is 3. The van der Waals surface area contributed by atoms with Crippen LogP contribution in [0.2, 0.25) is 0 Å². The van der Waals surface area contributed by atoms with Crippen molar-refractivity contribution in [3.05, 3.63) is 53.6 Å². The van der Waals surface area contributed by atoms with E-state index in [1.54, 1.807) is 0 Å². The van der Waals surface area contributed by atoms with Crippen molar-refractivity contribution >= 4 is 17.8 Å². The lowest BCUT2D eigenvalue weighted by Crippen LogP contribution is -2.22. The van der Waals surface area contributed by atoms with Gasteiger partial charge in [-0.25, -0.2) is 0 Å². The Kier molecular flexibility index (Phi) is 3.17. The standard InChI is InChI=1S/C13H15NS/c1-3-11-4-6-12(7-5-11)10(2)13-14-8-9-15-13/h3-10,13-14H,1H2,2H3. The highest BCUT2D eigenvalue weighted by Gasteiger charge is 2.19. The van der Waals surface area contributed by atoms with Gasteiger partial charge in [-0.15, -0.1) is 11.8 Å². The first-order valence-corrected chi connectivity index (χ1v) is 6.04. The summed E-state index contributed by atoms with van der Waals surface area (Å²) in [5, 5.41) is 5.93. The number of benzene rings is 1. The van der Waals surface area contributed by atoms with E-state index >= 15 is 0 Å². The minimum atomic E-state index is 0.472. The van der Waals surface area contributed by atoms with Crippen molar-refractivity contribution in [3.8, 4) is 0 Å². The van der Waals surface area contributed by atoms with Crippen molar-refractivity contribution in [1.82, 2.24) is 5.32 Å². The molecule has 0 radical (unpaired) electrons. The van der Waals surface area contributed by atoms with Gasteiger partial charge in [-0.1, -0.05) is 43.8 Å². The molecule has 2 heteroatoms. The molecule has 0 aliphatic carbocycles. The molecule has 2 atom stereocenters. The number of thioether (sulfide) groups is 1. The molecule has 1 N–H and O–H groups in total. The second kappa shape index (κ2) is 4.58. The Labute approximate surface area is 95.3 Å². The average Bonchev–Trinajstić information content (AvgIpc) is 2.82. The fourth-order valence-electron chi connectivity index (χ4n) is 1.67. The molecule has 0 saturated heterocycles. The van der Waals surface area contributed by atoms with Crippen LogP contribution in [-0.4, -0.2) is 5.37 Å². The minimum Gasteiger partial charge on any atom is -0.378 e. The molecule has 1 aliphatic rings. The predicted molar refractivity (Wildman–Crippen MR) is 68.6 cm³/mol. The third kappa shape index (κ3) is 2.26. The summed E-state index contributed by atoms with van der Waals surface area (Å²) in [7, 11) is 0. The third-order valence-corrected chi connectivity index (χ3v) is 3.84. The lowest BCUT2D eigenvalue weighted by molar-refractivity contribution is 0.662. The normalized spacial score (nSPS) is 21.0. The van der Waals surface area contributed by atoms with E-state index in [0.717, 1.165) is 0 Å². The Morgan fingerprint density at radius 1 is 1.40 bits per heavy atom. The van der Waals surface area contributed by atoms with Crippen LogP contribution in [0.15, 0.2) is 42.5 Å². The molecule has 78 valence electrons. The SMILES string of the molecule is C=Cc1ccc(C(C)C2NC=CS2)cc1. The number of nitrogens with one attached hydrogen (secondary N) is 1. The van der Waals surface area contributed by atoms with Crippen molar-refractivity contribution < 1.29 is 0 Å². The maximum Gasteiger partial charge on any atom is 0.0824 e. The molecular weight excluding hydrogens is 202 g/mol. The van der Waals surface area contributed by atoms with E-state index in [1.807, 2.05) is 24.0 Å². The highest BCUT2D eigenvalue weighted by Crippen LogP contribution is 2.30. The minimum absolute atomic E-state index is 0.472. The number of hydrogen-bond acceptors (Lipinski definition) is 2. The molecule has 1 nitrogen and oxygen atoms in total. The van der Waals surface area contributed by atoms with Crippen molar-refractivity contribution in [2.75, 3.05) is 0 Å². The van der Waals surface area contributed by atoms with E-state index in [-0.39, 0.29) is 0 Å².